The maximum atomic E-state index is 4.60. The molecule has 3 rings (SSSR count). The summed E-state index contributed by atoms with van der Waals surface area (Å²) < 4.78 is 2.27. The van der Waals surface area contributed by atoms with E-state index in [4.69, 9.17) is 0 Å². The molecule has 0 atom stereocenters. The molecule has 1 aliphatic rings. The maximum Gasteiger partial charge on any atom is 0.194 e. The van der Waals surface area contributed by atoms with Gasteiger partial charge in [0.15, 0.2) is 4.96 Å². The van der Waals surface area contributed by atoms with Gasteiger partial charge in [0.1, 0.15) is 0 Å². The first-order valence-electron chi connectivity index (χ1n) is 5.96. The van der Waals surface area contributed by atoms with Gasteiger partial charge in [-0.15, -0.1) is 11.3 Å². The minimum Gasteiger partial charge on any atom is -0.317 e. The highest BCUT2D eigenvalue weighted by Gasteiger charge is 2.17. The molecule has 1 saturated heterocycles. The van der Waals surface area contributed by atoms with Gasteiger partial charge in [-0.1, -0.05) is 0 Å². The number of fused-ring (bicyclic) bond motifs is 1. The largest absolute Gasteiger partial charge is 0.317 e. The second-order valence-electron chi connectivity index (χ2n) is 4.60. The van der Waals surface area contributed by atoms with Crippen LogP contribution in [-0.4, -0.2) is 22.5 Å². The fourth-order valence-corrected chi connectivity index (χ4v) is 3.32. The van der Waals surface area contributed by atoms with Crippen LogP contribution in [0.1, 0.15) is 24.2 Å². The summed E-state index contributed by atoms with van der Waals surface area (Å²) in [5.74, 6) is 0.833. The number of hydrogen-bond donors (Lipinski definition) is 1. The van der Waals surface area contributed by atoms with Crippen LogP contribution in [0.3, 0.4) is 0 Å². The molecule has 0 aromatic carbocycles. The standard InChI is InChI=1S/C12H17N3S/c1-9-11(8-10-2-4-13-5-3-10)15-6-7-16-12(15)14-9/h6-7,10,13H,2-5,8H2,1H3. The molecule has 3 heterocycles. The molecule has 86 valence electrons. The fraction of sp³-hybridized carbons (Fsp3) is 0.583. The topological polar surface area (TPSA) is 29.3 Å². The van der Waals surface area contributed by atoms with Crippen molar-refractivity contribution in [1.82, 2.24) is 14.7 Å². The van der Waals surface area contributed by atoms with E-state index in [0.29, 0.717) is 0 Å². The SMILES string of the molecule is Cc1nc2sccn2c1CC1CCNCC1. The van der Waals surface area contributed by atoms with Gasteiger partial charge in [0, 0.05) is 17.3 Å². The number of aromatic nitrogens is 2. The quantitative estimate of drug-likeness (QED) is 0.865. The number of piperidine rings is 1. The van der Waals surface area contributed by atoms with E-state index < -0.39 is 0 Å². The van der Waals surface area contributed by atoms with Crippen LogP contribution in [0.2, 0.25) is 0 Å². The van der Waals surface area contributed by atoms with Crippen LogP contribution in [0, 0.1) is 12.8 Å². The Morgan fingerprint density at radius 1 is 1.50 bits per heavy atom. The zero-order chi connectivity index (χ0) is 11.0. The van der Waals surface area contributed by atoms with Crippen molar-refractivity contribution < 1.29 is 0 Å². The van der Waals surface area contributed by atoms with Crippen molar-refractivity contribution in [2.24, 2.45) is 5.92 Å². The monoisotopic (exact) mass is 235 g/mol. The van der Waals surface area contributed by atoms with Gasteiger partial charge in [-0.25, -0.2) is 4.98 Å². The smallest absolute Gasteiger partial charge is 0.194 e. The lowest BCUT2D eigenvalue weighted by molar-refractivity contribution is 0.369. The average molecular weight is 235 g/mol. The summed E-state index contributed by atoms with van der Waals surface area (Å²) in [6.45, 7) is 4.49. The Bertz CT molecular complexity index is 479. The molecule has 3 nitrogen and oxygen atoms in total. The number of imidazole rings is 1. The lowest BCUT2D eigenvalue weighted by atomic mass is 9.93. The third kappa shape index (κ3) is 1.76. The Kier molecular flexibility index (Phi) is 2.69. The second kappa shape index (κ2) is 4.18. The first kappa shape index (κ1) is 10.3. The highest BCUT2D eigenvalue weighted by atomic mass is 32.1. The van der Waals surface area contributed by atoms with Gasteiger partial charge >= 0.3 is 0 Å². The Morgan fingerprint density at radius 2 is 2.31 bits per heavy atom. The molecule has 0 bridgehead atoms. The van der Waals surface area contributed by atoms with E-state index in [-0.39, 0.29) is 0 Å². The number of thiazole rings is 1. The highest BCUT2D eigenvalue weighted by molar-refractivity contribution is 7.15. The molecule has 2 aromatic heterocycles. The second-order valence-corrected chi connectivity index (χ2v) is 5.47. The first-order valence-corrected chi connectivity index (χ1v) is 6.84. The Labute approximate surface area is 99.5 Å². The predicted octanol–water partition coefficient (Wildman–Crippen LogP) is 2.25. The summed E-state index contributed by atoms with van der Waals surface area (Å²) in [6.07, 6.45) is 5.94. The first-order chi connectivity index (χ1) is 7.84. The molecule has 16 heavy (non-hydrogen) atoms. The molecular formula is C12H17N3S. The molecule has 2 aromatic rings. The van der Waals surface area contributed by atoms with Gasteiger partial charge in [-0.2, -0.15) is 0 Å². The van der Waals surface area contributed by atoms with Gasteiger partial charge in [0.2, 0.25) is 0 Å². The van der Waals surface area contributed by atoms with Crippen molar-refractivity contribution in [3.05, 3.63) is 23.0 Å². The molecule has 0 unspecified atom stereocenters. The van der Waals surface area contributed by atoms with Gasteiger partial charge in [0.25, 0.3) is 0 Å². The summed E-state index contributed by atoms with van der Waals surface area (Å²) in [4.78, 5) is 5.74. The Morgan fingerprint density at radius 3 is 3.12 bits per heavy atom. The van der Waals surface area contributed by atoms with Gasteiger partial charge in [-0.3, -0.25) is 4.40 Å². The summed E-state index contributed by atoms with van der Waals surface area (Å²) in [7, 11) is 0. The maximum absolute atomic E-state index is 4.60. The Hall–Kier alpha value is -0.870. The van der Waals surface area contributed by atoms with E-state index >= 15 is 0 Å². The molecule has 1 fully saturated rings. The van der Waals surface area contributed by atoms with Crippen molar-refractivity contribution in [1.29, 1.82) is 0 Å². The van der Waals surface area contributed by atoms with E-state index in [1.165, 1.54) is 43.7 Å². The number of nitrogens with zero attached hydrogens (tertiary/aromatic N) is 2. The van der Waals surface area contributed by atoms with Gasteiger partial charge in [-0.05, 0) is 45.2 Å². The zero-order valence-corrected chi connectivity index (χ0v) is 10.4. The highest BCUT2D eigenvalue weighted by Crippen LogP contribution is 2.23. The molecule has 0 saturated carbocycles. The third-order valence-electron chi connectivity index (χ3n) is 3.50. The van der Waals surface area contributed by atoms with Crippen LogP contribution in [0.4, 0.5) is 0 Å². The van der Waals surface area contributed by atoms with Crippen molar-refractivity contribution in [3.8, 4) is 0 Å². The minimum atomic E-state index is 0.833. The van der Waals surface area contributed by atoms with Crippen molar-refractivity contribution in [3.63, 3.8) is 0 Å². The summed E-state index contributed by atoms with van der Waals surface area (Å²) >= 11 is 1.72. The number of aryl methyl sites for hydroxylation is 1. The summed E-state index contributed by atoms with van der Waals surface area (Å²) in [6, 6.07) is 0. The van der Waals surface area contributed by atoms with Crippen molar-refractivity contribution >= 4 is 16.3 Å². The average Bonchev–Trinajstić information content (AvgIpc) is 2.84. The lowest BCUT2D eigenvalue weighted by Crippen LogP contribution is -2.29. The van der Waals surface area contributed by atoms with Crippen molar-refractivity contribution in [2.75, 3.05) is 13.1 Å². The van der Waals surface area contributed by atoms with Gasteiger partial charge in [0.05, 0.1) is 5.69 Å². The molecule has 0 amide bonds. The number of rotatable bonds is 2. The molecule has 1 N–H and O–H groups in total. The zero-order valence-electron chi connectivity index (χ0n) is 9.57. The van der Waals surface area contributed by atoms with Crippen molar-refractivity contribution in [2.45, 2.75) is 26.2 Å². The van der Waals surface area contributed by atoms with Crippen LogP contribution in [0.25, 0.3) is 4.96 Å². The number of hydrogen-bond acceptors (Lipinski definition) is 3. The minimum absolute atomic E-state index is 0.833. The molecule has 0 aliphatic carbocycles. The summed E-state index contributed by atoms with van der Waals surface area (Å²) in [5.41, 5.74) is 2.63. The van der Waals surface area contributed by atoms with E-state index in [0.717, 1.165) is 10.9 Å². The third-order valence-corrected chi connectivity index (χ3v) is 4.26. The van der Waals surface area contributed by atoms with Crippen LogP contribution in [0.5, 0.6) is 0 Å². The molecule has 0 spiro atoms. The van der Waals surface area contributed by atoms with Crippen LogP contribution >= 0.6 is 11.3 Å². The molecule has 0 radical (unpaired) electrons. The Balaban J connectivity index is 1.86. The molecule has 4 heteroatoms. The fourth-order valence-electron chi connectivity index (χ4n) is 2.55. The van der Waals surface area contributed by atoms with Gasteiger partial charge < -0.3 is 5.32 Å². The number of nitrogens with one attached hydrogen (secondary N) is 1. The van der Waals surface area contributed by atoms with E-state index in [1.807, 2.05) is 0 Å². The van der Waals surface area contributed by atoms with Crippen LogP contribution in [-0.2, 0) is 6.42 Å². The van der Waals surface area contributed by atoms with E-state index in [2.05, 4.69) is 33.2 Å². The van der Waals surface area contributed by atoms with Crippen LogP contribution < -0.4 is 5.32 Å². The van der Waals surface area contributed by atoms with Crippen LogP contribution in [0.15, 0.2) is 11.6 Å². The van der Waals surface area contributed by atoms with E-state index in [9.17, 15) is 0 Å². The lowest BCUT2D eigenvalue weighted by Gasteiger charge is -2.22. The molecule has 1 aliphatic heterocycles. The normalized spacial score (nSPS) is 18.3. The molecular weight excluding hydrogens is 218 g/mol. The summed E-state index contributed by atoms with van der Waals surface area (Å²) in [5, 5.41) is 5.54. The predicted molar refractivity (Wildman–Crippen MR) is 67.1 cm³/mol. The van der Waals surface area contributed by atoms with E-state index in [1.54, 1.807) is 11.3 Å².